The van der Waals surface area contributed by atoms with Gasteiger partial charge < -0.3 is 0 Å². The fraction of sp³-hybridized carbons (Fsp3) is 1.00. The van der Waals surface area contributed by atoms with E-state index in [1.807, 2.05) is 0 Å². The highest BCUT2D eigenvalue weighted by Crippen LogP contribution is 2.36. The van der Waals surface area contributed by atoms with E-state index in [0.717, 1.165) is 0 Å². The van der Waals surface area contributed by atoms with E-state index >= 15 is 0 Å². The highest BCUT2D eigenvalue weighted by atomic mass is 35.6. The van der Waals surface area contributed by atoms with Crippen LogP contribution in [-0.4, -0.2) is 16.2 Å². The lowest BCUT2D eigenvalue weighted by molar-refractivity contribution is 1.06. The van der Waals surface area contributed by atoms with Gasteiger partial charge in [-0.3, -0.25) is 0 Å². The first kappa shape index (κ1) is 9.81. The molecule has 1 aliphatic heterocycles. The van der Waals surface area contributed by atoms with Gasteiger partial charge >= 0.3 is 0 Å². The molecule has 0 aromatic carbocycles. The van der Waals surface area contributed by atoms with Gasteiger partial charge in [0.2, 0.25) is 0 Å². The Bertz CT molecular complexity index is 113. The lowest BCUT2D eigenvalue weighted by atomic mass is 10.9. The van der Waals surface area contributed by atoms with Crippen molar-refractivity contribution in [3.63, 3.8) is 0 Å². The maximum Gasteiger partial charge on any atom is 0.140 e. The molecule has 1 heterocycles. The Hall–Kier alpha value is 0.724. The van der Waals surface area contributed by atoms with E-state index in [1.54, 1.807) is 12.1 Å². The van der Waals surface area contributed by atoms with Crippen molar-refractivity contribution < 1.29 is 0 Å². The standard InChI is InChI=1S/C8H19ClSi2/c1-3-11(4-2)7-5-10(9)6-8-11/h10H,3-8H2,1-2H3. The molecule has 1 aliphatic rings. The summed E-state index contributed by atoms with van der Waals surface area (Å²) in [5.74, 6) is 0. The van der Waals surface area contributed by atoms with Crippen LogP contribution in [0.5, 0.6) is 0 Å². The van der Waals surface area contributed by atoms with Gasteiger partial charge in [-0.25, -0.2) is 0 Å². The maximum absolute atomic E-state index is 6.22. The van der Waals surface area contributed by atoms with Crippen LogP contribution in [0.15, 0.2) is 0 Å². The van der Waals surface area contributed by atoms with Gasteiger partial charge in [0.25, 0.3) is 0 Å². The summed E-state index contributed by atoms with van der Waals surface area (Å²) in [4.78, 5) is 0. The van der Waals surface area contributed by atoms with Gasteiger partial charge in [0, 0.05) is 0 Å². The number of halogens is 1. The Balaban J connectivity index is 2.45. The van der Waals surface area contributed by atoms with Crippen LogP contribution in [0.4, 0.5) is 0 Å². The van der Waals surface area contributed by atoms with Gasteiger partial charge in [-0.1, -0.05) is 38.0 Å². The molecule has 1 saturated heterocycles. The summed E-state index contributed by atoms with van der Waals surface area (Å²) in [6, 6.07) is 8.99. The second-order valence-corrected chi connectivity index (χ2v) is 13.5. The third-order valence-electron chi connectivity index (χ3n) is 3.48. The zero-order valence-corrected chi connectivity index (χ0v) is 10.6. The Morgan fingerprint density at radius 2 is 1.64 bits per heavy atom. The smallest absolute Gasteiger partial charge is 0.140 e. The monoisotopic (exact) mass is 206 g/mol. The molecule has 0 N–H and O–H groups in total. The summed E-state index contributed by atoms with van der Waals surface area (Å²) in [5, 5.41) is 0. The van der Waals surface area contributed by atoms with Gasteiger partial charge in [-0.15, -0.1) is 0 Å². The molecule has 0 spiro atoms. The molecule has 0 saturated carbocycles. The van der Waals surface area contributed by atoms with Gasteiger partial charge in [0.15, 0.2) is 0 Å². The Labute approximate surface area is 77.7 Å². The molecule has 66 valence electrons. The first-order valence-electron chi connectivity index (χ1n) is 4.86. The molecule has 0 aromatic heterocycles. The second kappa shape index (κ2) is 4.10. The van der Waals surface area contributed by atoms with Gasteiger partial charge in [-0.2, -0.15) is 11.1 Å². The zero-order chi connectivity index (χ0) is 8.32. The summed E-state index contributed by atoms with van der Waals surface area (Å²) in [7, 11) is -1.42. The van der Waals surface area contributed by atoms with Crippen molar-refractivity contribution in [3.05, 3.63) is 0 Å². The predicted octanol–water partition coefficient (Wildman–Crippen LogP) is 3.45. The average molecular weight is 207 g/mol. The van der Waals surface area contributed by atoms with E-state index in [2.05, 4.69) is 13.8 Å². The van der Waals surface area contributed by atoms with Crippen molar-refractivity contribution in [2.75, 3.05) is 0 Å². The average Bonchev–Trinajstić information content (AvgIpc) is 2.07. The number of hydrogen-bond donors (Lipinski definition) is 0. The molecular formula is C8H19ClSi2. The fourth-order valence-electron chi connectivity index (χ4n) is 2.15. The van der Waals surface area contributed by atoms with Crippen molar-refractivity contribution in [1.82, 2.24) is 0 Å². The molecule has 0 atom stereocenters. The maximum atomic E-state index is 6.22. The van der Waals surface area contributed by atoms with Gasteiger partial charge in [-0.05, 0) is 12.1 Å². The first-order chi connectivity index (χ1) is 5.22. The molecule has 0 radical (unpaired) electrons. The van der Waals surface area contributed by atoms with E-state index in [1.165, 1.54) is 24.2 Å². The Morgan fingerprint density at radius 1 is 1.18 bits per heavy atom. The van der Waals surface area contributed by atoms with Crippen molar-refractivity contribution in [2.45, 2.75) is 50.1 Å². The van der Waals surface area contributed by atoms with Crippen LogP contribution in [0.2, 0.25) is 36.3 Å². The minimum atomic E-state index is -0.722. The Morgan fingerprint density at radius 3 is 2.00 bits per heavy atom. The Kier molecular flexibility index (Phi) is 3.66. The molecule has 3 heteroatoms. The molecule has 0 unspecified atom stereocenters. The second-order valence-electron chi connectivity index (χ2n) is 3.88. The number of hydrogen-bond acceptors (Lipinski definition) is 0. The van der Waals surface area contributed by atoms with Crippen LogP contribution in [0.3, 0.4) is 0 Å². The van der Waals surface area contributed by atoms with Crippen molar-refractivity contribution in [2.24, 2.45) is 0 Å². The lowest BCUT2D eigenvalue weighted by Gasteiger charge is -2.34. The highest BCUT2D eigenvalue weighted by molar-refractivity contribution is 7.08. The van der Waals surface area contributed by atoms with Crippen LogP contribution in [0.1, 0.15) is 13.8 Å². The largest absolute Gasteiger partial charge is 0.172 e. The quantitative estimate of drug-likeness (QED) is 0.480. The summed E-state index contributed by atoms with van der Waals surface area (Å²) in [6.07, 6.45) is 0. The first-order valence-corrected chi connectivity index (χ1v) is 11.1. The SMILES string of the molecule is CC[Si]1(CC)CC[SiH](Cl)CC1. The van der Waals surface area contributed by atoms with Crippen molar-refractivity contribution in [3.8, 4) is 0 Å². The molecule has 0 aromatic rings. The third-order valence-corrected chi connectivity index (χ3v) is 13.5. The number of rotatable bonds is 2. The van der Waals surface area contributed by atoms with E-state index < -0.39 is 16.2 Å². The van der Waals surface area contributed by atoms with E-state index in [4.69, 9.17) is 11.1 Å². The topological polar surface area (TPSA) is 0 Å². The third kappa shape index (κ3) is 2.33. The van der Waals surface area contributed by atoms with E-state index in [9.17, 15) is 0 Å². The van der Waals surface area contributed by atoms with E-state index in [0.29, 0.717) is 0 Å². The van der Waals surface area contributed by atoms with Crippen molar-refractivity contribution in [1.29, 1.82) is 0 Å². The van der Waals surface area contributed by atoms with E-state index in [-0.39, 0.29) is 0 Å². The van der Waals surface area contributed by atoms with Gasteiger partial charge in [0.05, 0.1) is 8.07 Å². The molecule has 0 nitrogen and oxygen atoms in total. The summed E-state index contributed by atoms with van der Waals surface area (Å²) >= 11 is 6.22. The van der Waals surface area contributed by atoms with Crippen LogP contribution in [0, 0.1) is 0 Å². The molecule has 1 rings (SSSR count). The summed E-state index contributed by atoms with van der Waals surface area (Å²) in [6.45, 7) is 4.79. The van der Waals surface area contributed by atoms with Crippen LogP contribution < -0.4 is 0 Å². The molecular weight excluding hydrogens is 188 g/mol. The van der Waals surface area contributed by atoms with Crippen molar-refractivity contribution >= 4 is 27.3 Å². The van der Waals surface area contributed by atoms with Crippen LogP contribution in [0.25, 0.3) is 0 Å². The minimum Gasteiger partial charge on any atom is -0.172 e. The van der Waals surface area contributed by atoms with Crippen LogP contribution >= 0.6 is 11.1 Å². The van der Waals surface area contributed by atoms with Crippen LogP contribution in [-0.2, 0) is 0 Å². The molecule has 0 amide bonds. The highest BCUT2D eigenvalue weighted by Gasteiger charge is 2.33. The summed E-state index contributed by atoms with van der Waals surface area (Å²) in [5.41, 5.74) is 0. The minimum absolute atomic E-state index is 0.698. The zero-order valence-electron chi connectivity index (χ0n) is 7.70. The normalized spacial score (nSPS) is 25.4. The lowest BCUT2D eigenvalue weighted by Crippen LogP contribution is -2.37. The predicted molar refractivity (Wildman–Crippen MR) is 58.9 cm³/mol. The molecule has 0 bridgehead atoms. The van der Waals surface area contributed by atoms with Gasteiger partial charge in [0.1, 0.15) is 8.11 Å². The molecule has 11 heavy (non-hydrogen) atoms. The molecule has 1 fully saturated rings. The summed E-state index contributed by atoms with van der Waals surface area (Å²) < 4.78 is 0. The molecule has 0 aliphatic carbocycles. The fourth-order valence-corrected chi connectivity index (χ4v) is 14.0.